The fourth-order valence-electron chi connectivity index (χ4n) is 5.14. The van der Waals surface area contributed by atoms with Crippen molar-refractivity contribution in [3.8, 4) is 0 Å². The van der Waals surface area contributed by atoms with Gasteiger partial charge in [-0.1, -0.05) is 11.8 Å². The van der Waals surface area contributed by atoms with Crippen LogP contribution in [-0.4, -0.2) is 68.1 Å². The number of fused-ring (bicyclic) bond motifs is 7. The molecule has 0 aliphatic carbocycles. The standard InChI is InChI=1S/C26H27N7O4S2/c1-26(2)10-16-17(12-37-26)22(32-5-8-35-9-6-32)29-24-19(16)20-21(39-24)23-30-31-25(33(23)14-28-20)38-13-18(34)27-11-15-4-3-7-36-15/h3-4,7,14H,5-6,8-13H2,1-2H3,(H,27,34). The zero-order valence-corrected chi connectivity index (χ0v) is 23.2. The molecule has 0 aromatic carbocycles. The minimum absolute atomic E-state index is 0.111. The summed E-state index contributed by atoms with van der Waals surface area (Å²) < 4.78 is 19.9. The maximum absolute atomic E-state index is 12.4. The second-order valence-corrected chi connectivity index (χ2v) is 12.2. The number of furan rings is 1. The van der Waals surface area contributed by atoms with Crippen LogP contribution in [0, 0.1) is 0 Å². The summed E-state index contributed by atoms with van der Waals surface area (Å²) in [5.74, 6) is 1.79. The Balaban J connectivity index is 1.25. The van der Waals surface area contributed by atoms with Crippen molar-refractivity contribution in [1.29, 1.82) is 0 Å². The van der Waals surface area contributed by atoms with Gasteiger partial charge in [0.05, 0.1) is 49.5 Å². The second kappa shape index (κ2) is 9.73. The van der Waals surface area contributed by atoms with Crippen molar-refractivity contribution in [1.82, 2.24) is 29.9 Å². The number of anilines is 1. The first-order valence-corrected chi connectivity index (χ1v) is 14.6. The number of hydrogen-bond acceptors (Lipinski definition) is 11. The molecule has 11 nitrogen and oxygen atoms in total. The summed E-state index contributed by atoms with van der Waals surface area (Å²) in [6.45, 7) is 8.12. The first-order chi connectivity index (χ1) is 19.0. The topological polar surface area (TPSA) is 120 Å². The van der Waals surface area contributed by atoms with E-state index < -0.39 is 0 Å². The number of nitrogens with zero attached hydrogens (tertiary/aromatic N) is 6. The number of carbonyl (C=O) groups is 1. The summed E-state index contributed by atoms with van der Waals surface area (Å²) in [6, 6.07) is 3.62. The average molecular weight is 566 g/mol. The molecule has 0 saturated carbocycles. The SMILES string of the molecule is CC1(C)Cc2c(c(N3CCOCC3)nc3sc4c(ncn5c(SCC(=O)NCc6ccco6)nnc45)c23)CO1. The highest BCUT2D eigenvalue weighted by Crippen LogP contribution is 2.43. The molecule has 0 atom stereocenters. The van der Waals surface area contributed by atoms with E-state index in [2.05, 4.69) is 34.3 Å². The number of aromatic nitrogens is 5. The molecule has 0 unspecified atom stereocenters. The fraction of sp³-hybridized carbons (Fsp3) is 0.423. The Labute approximate surface area is 231 Å². The van der Waals surface area contributed by atoms with Crippen LogP contribution >= 0.6 is 23.1 Å². The van der Waals surface area contributed by atoms with E-state index in [9.17, 15) is 4.79 Å². The van der Waals surface area contributed by atoms with Gasteiger partial charge >= 0.3 is 0 Å². The Bertz CT molecular complexity index is 1690. The number of thiophene rings is 1. The van der Waals surface area contributed by atoms with Gasteiger partial charge in [0.1, 0.15) is 27.4 Å². The number of hydrogen-bond donors (Lipinski definition) is 1. The quantitative estimate of drug-likeness (QED) is 0.306. The Morgan fingerprint density at radius 3 is 2.92 bits per heavy atom. The van der Waals surface area contributed by atoms with Crippen LogP contribution in [0.3, 0.4) is 0 Å². The number of amides is 1. The largest absolute Gasteiger partial charge is 0.467 e. The number of thioether (sulfide) groups is 1. The molecule has 1 amide bonds. The van der Waals surface area contributed by atoms with Crippen molar-refractivity contribution in [2.45, 2.75) is 44.2 Å². The van der Waals surface area contributed by atoms with E-state index in [1.807, 2.05) is 10.5 Å². The van der Waals surface area contributed by atoms with E-state index in [0.29, 0.717) is 37.3 Å². The molecule has 2 aliphatic rings. The van der Waals surface area contributed by atoms with Gasteiger partial charge in [-0.3, -0.25) is 9.20 Å². The normalized spacial score (nSPS) is 17.2. The number of nitrogens with one attached hydrogen (secondary N) is 1. The number of morpholine rings is 1. The first kappa shape index (κ1) is 24.8. The summed E-state index contributed by atoms with van der Waals surface area (Å²) in [6.07, 6.45) is 4.11. The molecule has 0 bridgehead atoms. The van der Waals surface area contributed by atoms with Crippen molar-refractivity contribution in [3.05, 3.63) is 41.6 Å². The van der Waals surface area contributed by atoms with Gasteiger partial charge in [-0.05, 0) is 31.5 Å². The van der Waals surface area contributed by atoms with Crippen molar-refractivity contribution in [2.75, 3.05) is 37.0 Å². The Morgan fingerprint density at radius 2 is 2.10 bits per heavy atom. The van der Waals surface area contributed by atoms with Crippen molar-refractivity contribution in [3.63, 3.8) is 0 Å². The number of ether oxygens (including phenoxy) is 2. The second-order valence-electron chi connectivity index (χ2n) is 10.2. The molecule has 7 heterocycles. The maximum atomic E-state index is 12.4. The Kier molecular flexibility index (Phi) is 6.18. The lowest BCUT2D eigenvalue weighted by molar-refractivity contribution is -0.118. The minimum atomic E-state index is -0.280. The van der Waals surface area contributed by atoms with Crippen LogP contribution in [0.25, 0.3) is 26.1 Å². The first-order valence-electron chi connectivity index (χ1n) is 12.8. The lowest BCUT2D eigenvalue weighted by Crippen LogP contribution is -2.39. The van der Waals surface area contributed by atoms with E-state index >= 15 is 0 Å². The molecular formula is C26H27N7O4S2. The third-order valence-corrected chi connectivity index (χ3v) is 9.08. The summed E-state index contributed by atoms with van der Waals surface area (Å²) in [5, 5.41) is 13.4. The van der Waals surface area contributed by atoms with Crippen LogP contribution in [0.2, 0.25) is 0 Å². The van der Waals surface area contributed by atoms with Crippen LogP contribution < -0.4 is 10.2 Å². The lowest BCUT2D eigenvalue weighted by atomic mass is 9.90. The van der Waals surface area contributed by atoms with E-state index in [-0.39, 0.29) is 17.3 Å². The minimum Gasteiger partial charge on any atom is -0.467 e. The monoisotopic (exact) mass is 565 g/mol. The van der Waals surface area contributed by atoms with Crippen LogP contribution in [0.1, 0.15) is 30.7 Å². The fourth-order valence-corrected chi connectivity index (χ4v) is 7.01. The molecule has 5 aromatic rings. The molecular weight excluding hydrogens is 538 g/mol. The van der Waals surface area contributed by atoms with Gasteiger partial charge in [-0.25, -0.2) is 9.97 Å². The molecule has 0 spiro atoms. The van der Waals surface area contributed by atoms with Crippen molar-refractivity contribution < 1.29 is 18.7 Å². The van der Waals surface area contributed by atoms with Gasteiger partial charge in [0.2, 0.25) is 5.91 Å². The molecule has 0 radical (unpaired) electrons. The van der Waals surface area contributed by atoms with E-state index in [1.54, 1.807) is 30.0 Å². The summed E-state index contributed by atoms with van der Waals surface area (Å²) >= 11 is 2.91. The predicted molar refractivity (Wildman–Crippen MR) is 148 cm³/mol. The van der Waals surface area contributed by atoms with E-state index in [0.717, 1.165) is 57.0 Å². The third kappa shape index (κ3) is 4.52. The number of carbonyl (C=O) groups excluding carboxylic acids is 1. The average Bonchev–Trinajstić information content (AvgIpc) is 3.68. The molecule has 1 saturated heterocycles. The number of rotatable bonds is 6. The Hall–Kier alpha value is -3.26. The van der Waals surface area contributed by atoms with Gasteiger partial charge in [-0.15, -0.1) is 21.5 Å². The van der Waals surface area contributed by atoms with Crippen LogP contribution in [-0.2, 0) is 33.8 Å². The molecule has 7 rings (SSSR count). The zero-order chi connectivity index (χ0) is 26.6. The molecule has 39 heavy (non-hydrogen) atoms. The van der Waals surface area contributed by atoms with Gasteiger partial charge in [0.25, 0.3) is 0 Å². The molecule has 5 aromatic heterocycles. The highest BCUT2D eigenvalue weighted by Gasteiger charge is 2.33. The van der Waals surface area contributed by atoms with Gasteiger partial charge in [-0.2, -0.15) is 0 Å². The predicted octanol–water partition coefficient (Wildman–Crippen LogP) is 3.58. The van der Waals surface area contributed by atoms with Crippen molar-refractivity contribution in [2.24, 2.45) is 0 Å². The highest BCUT2D eigenvalue weighted by atomic mass is 32.2. The zero-order valence-electron chi connectivity index (χ0n) is 21.6. The lowest BCUT2D eigenvalue weighted by Gasteiger charge is -2.36. The summed E-state index contributed by atoms with van der Waals surface area (Å²) in [7, 11) is 0. The van der Waals surface area contributed by atoms with Gasteiger partial charge in [0.15, 0.2) is 10.8 Å². The molecule has 202 valence electrons. The van der Waals surface area contributed by atoms with Crippen LogP contribution in [0.4, 0.5) is 5.82 Å². The van der Waals surface area contributed by atoms with Gasteiger partial charge in [0, 0.05) is 30.5 Å². The number of pyridine rings is 1. The third-order valence-electron chi connectivity index (χ3n) is 7.07. The summed E-state index contributed by atoms with van der Waals surface area (Å²) in [5.41, 5.74) is 3.72. The molecule has 1 fully saturated rings. The van der Waals surface area contributed by atoms with E-state index in [4.69, 9.17) is 23.9 Å². The van der Waals surface area contributed by atoms with Crippen molar-refractivity contribution >= 4 is 60.9 Å². The molecule has 1 N–H and O–H groups in total. The Morgan fingerprint density at radius 1 is 1.23 bits per heavy atom. The van der Waals surface area contributed by atoms with Crippen LogP contribution in [0.5, 0.6) is 0 Å². The molecule has 13 heteroatoms. The highest BCUT2D eigenvalue weighted by molar-refractivity contribution is 7.99. The summed E-state index contributed by atoms with van der Waals surface area (Å²) in [4.78, 5) is 25.7. The maximum Gasteiger partial charge on any atom is 0.230 e. The van der Waals surface area contributed by atoms with Gasteiger partial charge < -0.3 is 24.1 Å². The molecule has 2 aliphatic heterocycles. The smallest absolute Gasteiger partial charge is 0.230 e. The van der Waals surface area contributed by atoms with E-state index in [1.165, 1.54) is 17.3 Å². The van der Waals surface area contributed by atoms with Crippen LogP contribution in [0.15, 0.2) is 34.3 Å².